The van der Waals surface area contributed by atoms with Crippen molar-refractivity contribution < 1.29 is 19.4 Å². The second-order valence-corrected chi connectivity index (χ2v) is 3.73. The Balaban J connectivity index is 3.86. The lowest BCUT2D eigenvalue weighted by molar-refractivity contribution is -0.142. The van der Waals surface area contributed by atoms with Crippen molar-refractivity contribution in [2.75, 3.05) is 13.2 Å². The lowest BCUT2D eigenvalue weighted by atomic mass is 10.1. The maximum absolute atomic E-state index is 11.4. The summed E-state index contributed by atoms with van der Waals surface area (Å²) in [6, 6.07) is -0.865. The number of allylic oxidation sites excluding steroid dienone is 1. The van der Waals surface area contributed by atoms with Crippen LogP contribution in [0, 0.1) is 0 Å². The second kappa shape index (κ2) is 9.84. The van der Waals surface area contributed by atoms with Gasteiger partial charge in [-0.3, -0.25) is 4.79 Å². The predicted octanol–water partition coefficient (Wildman–Crippen LogP) is 1.34. The molecule has 0 fully saturated rings. The fourth-order valence-electron chi connectivity index (χ4n) is 1.19. The minimum atomic E-state index is -1.03. The van der Waals surface area contributed by atoms with Gasteiger partial charge in [-0.15, -0.1) is 6.58 Å². The molecule has 1 atom stereocenters. The molecule has 0 aromatic carbocycles. The number of carboxylic acids is 1. The van der Waals surface area contributed by atoms with Crippen molar-refractivity contribution in [1.29, 1.82) is 0 Å². The zero-order valence-corrected chi connectivity index (χ0v) is 10.3. The standard InChI is InChI=1S/C12H21NO4/c1-3-5-7-10(12(15)16)13-11(14)9-17-8-6-4-2/h3,10H,1,4-9H2,2H3,(H,13,14)(H,15,16). The van der Waals surface area contributed by atoms with Crippen LogP contribution in [0.3, 0.4) is 0 Å². The number of unbranched alkanes of at least 4 members (excludes halogenated alkanes) is 1. The highest BCUT2D eigenvalue weighted by molar-refractivity contribution is 5.84. The van der Waals surface area contributed by atoms with Crippen molar-refractivity contribution in [3.05, 3.63) is 12.7 Å². The maximum atomic E-state index is 11.4. The van der Waals surface area contributed by atoms with Crippen LogP contribution in [0.15, 0.2) is 12.7 Å². The molecule has 0 bridgehead atoms. The second-order valence-electron chi connectivity index (χ2n) is 3.73. The van der Waals surface area contributed by atoms with E-state index in [1.165, 1.54) is 0 Å². The van der Waals surface area contributed by atoms with E-state index in [2.05, 4.69) is 11.9 Å². The summed E-state index contributed by atoms with van der Waals surface area (Å²) in [5, 5.41) is 11.3. The van der Waals surface area contributed by atoms with Crippen LogP contribution in [0.25, 0.3) is 0 Å². The molecule has 0 aromatic heterocycles. The molecule has 5 heteroatoms. The molecule has 17 heavy (non-hydrogen) atoms. The van der Waals surface area contributed by atoms with Crippen molar-refractivity contribution >= 4 is 11.9 Å². The van der Waals surface area contributed by atoms with Gasteiger partial charge in [0.1, 0.15) is 12.6 Å². The molecule has 1 amide bonds. The Labute approximate surface area is 102 Å². The first kappa shape index (κ1) is 15.6. The summed E-state index contributed by atoms with van der Waals surface area (Å²) in [5.74, 6) is -1.42. The van der Waals surface area contributed by atoms with Crippen LogP contribution in [0.4, 0.5) is 0 Å². The molecule has 1 unspecified atom stereocenters. The molecular formula is C12H21NO4. The zero-order chi connectivity index (χ0) is 13.1. The molecule has 2 N–H and O–H groups in total. The van der Waals surface area contributed by atoms with Crippen LogP contribution >= 0.6 is 0 Å². The largest absolute Gasteiger partial charge is 0.480 e. The number of amides is 1. The average molecular weight is 243 g/mol. The van der Waals surface area contributed by atoms with Crippen LogP contribution in [0.5, 0.6) is 0 Å². The Bertz CT molecular complexity index is 253. The lowest BCUT2D eigenvalue weighted by Crippen LogP contribution is -2.42. The third-order valence-electron chi connectivity index (χ3n) is 2.17. The van der Waals surface area contributed by atoms with E-state index >= 15 is 0 Å². The number of aliphatic carboxylic acids is 1. The van der Waals surface area contributed by atoms with E-state index in [0.29, 0.717) is 19.4 Å². The Morgan fingerprint density at radius 1 is 1.53 bits per heavy atom. The van der Waals surface area contributed by atoms with Gasteiger partial charge in [-0.25, -0.2) is 4.79 Å². The van der Waals surface area contributed by atoms with E-state index in [1.54, 1.807) is 6.08 Å². The highest BCUT2D eigenvalue weighted by Crippen LogP contribution is 1.98. The average Bonchev–Trinajstić information content (AvgIpc) is 2.29. The van der Waals surface area contributed by atoms with Gasteiger partial charge in [-0.1, -0.05) is 19.4 Å². The van der Waals surface area contributed by atoms with E-state index in [1.807, 2.05) is 6.92 Å². The molecular weight excluding hydrogens is 222 g/mol. The monoisotopic (exact) mass is 243 g/mol. The number of carboxylic acid groups (broad SMARTS) is 1. The Kier molecular flexibility index (Phi) is 9.05. The van der Waals surface area contributed by atoms with Crippen molar-refractivity contribution in [1.82, 2.24) is 5.32 Å². The SMILES string of the molecule is C=CCCC(NC(=O)COCCCC)C(=O)O. The van der Waals surface area contributed by atoms with Crippen molar-refractivity contribution in [2.24, 2.45) is 0 Å². The maximum Gasteiger partial charge on any atom is 0.326 e. The summed E-state index contributed by atoms with van der Waals surface area (Å²) in [5.41, 5.74) is 0. The molecule has 0 spiro atoms. The van der Waals surface area contributed by atoms with Gasteiger partial charge in [0.2, 0.25) is 5.91 Å². The van der Waals surface area contributed by atoms with Crippen molar-refractivity contribution in [3.8, 4) is 0 Å². The number of rotatable bonds is 10. The summed E-state index contributed by atoms with van der Waals surface area (Å²) < 4.78 is 5.10. The van der Waals surface area contributed by atoms with Gasteiger partial charge in [0.05, 0.1) is 0 Å². The van der Waals surface area contributed by atoms with Crippen LogP contribution in [0.2, 0.25) is 0 Å². The summed E-state index contributed by atoms with van der Waals surface area (Å²) >= 11 is 0. The summed E-state index contributed by atoms with van der Waals surface area (Å²) in [6.07, 6.45) is 4.41. The van der Waals surface area contributed by atoms with Gasteiger partial charge in [0, 0.05) is 6.61 Å². The number of carbonyl (C=O) groups excluding carboxylic acids is 1. The van der Waals surface area contributed by atoms with Gasteiger partial charge in [0.15, 0.2) is 0 Å². The van der Waals surface area contributed by atoms with Crippen molar-refractivity contribution in [3.63, 3.8) is 0 Å². The molecule has 0 aliphatic heterocycles. The van der Waals surface area contributed by atoms with Gasteiger partial charge < -0.3 is 15.2 Å². The minimum Gasteiger partial charge on any atom is -0.480 e. The van der Waals surface area contributed by atoms with E-state index in [0.717, 1.165) is 12.8 Å². The van der Waals surface area contributed by atoms with E-state index in [9.17, 15) is 9.59 Å². The number of hydrogen-bond acceptors (Lipinski definition) is 3. The third-order valence-corrected chi connectivity index (χ3v) is 2.17. The molecule has 0 aliphatic rings. The zero-order valence-electron chi connectivity index (χ0n) is 10.3. The van der Waals surface area contributed by atoms with E-state index in [-0.39, 0.29) is 6.61 Å². The summed E-state index contributed by atoms with van der Waals surface area (Å²) in [7, 11) is 0. The van der Waals surface area contributed by atoms with Crippen LogP contribution in [-0.4, -0.2) is 36.2 Å². The van der Waals surface area contributed by atoms with E-state index < -0.39 is 17.9 Å². The highest BCUT2D eigenvalue weighted by Gasteiger charge is 2.18. The Hall–Kier alpha value is -1.36. The predicted molar refractivity (Wildman–Crippen MR) is 64.7 cm³/mol. The first-order valence-corrected chi connectivity index (χ1v) is 5.82. The molecule has 0 aromatic rings. The summed E-state index contributed by atoms with van der Waals surface area (Å²) in [6.45, 7) is 5.97. The normalized spacial score (nSPS) is 11.8. The summed E-state index contributed by atoms with van der Waals surface area (Å²) in [4.78, 5) is 22.2. The minimum absolute atomic E-state index is 0.0854. The molecule has 0 saturated carbocycles. The smallest absolute Gasteiger partial charge is 0.326 e. The first-order valence-electron chi connectivity index (χ1n) is 5.82. The Morgan fingerprint density at radius 3 is 2.76 bits per heavy atom. The van der Waals surface area contributed by atoms with E-state index in [4.69, 9.17) is 9.84 Å². The van der Waals surface area contributed by atoms with Gasteiger partial charge in [0.25, 0.3) is 0 Å². The fraction of sp³-hybridized carbons (Fsp3) is 0.667. The Morgan fingerprint density at radius 2 is 2.24 bits per heavy atom. The molecule has 5 nitrogen and oxygen atoms in total. The lowest BCUT2D eigenvalue weighted by Gasteiger charge is -2.13. The topological polar surface area (TPSA) is 75.6 Å². The van der Waals surface area contributed by atoms with Gasteiger partial charge in [-0.2, -0.15) is 0 Å². The van der Waals surface area contributed by atoms with Crippen molar-refractivity contribution in [2.45, 2.75) is 38.6 Å². The van der Waals surface area contributed by atoms with Gasteiger partial charge in [-0.05, 0) is 19.3 Å². The van der Waals surface area contributed by atoms with Crippen LogP contribution in [0.1, 0.15) is 32.6 Å². The van der Waals surface area contributed by atoms with Crippen LogP contribution < -0.4 is 5.32 Å². The number of hydrogen-bond donors (Lipinski definition) is 2. The first-order chi connectivity index (χ1) is 8.11. The molecule has 0 aliphatic carbocycles. The third kappa shape index (κ3) is 8.45. The number of ether oxygens (including phenoxy) is 1. The van der Waals surface area contributed by atoms with Gasteiger partial charge >= 0.3 is 5.97 Å². The highest BCUT2D eigenvalue weighted by atomic mass is 16.5. The number of nitrogens with one attached hydrogen (secondary N) is 1. The molecule has 0 heterocycles. The molecule has 0 radical (unpaired) electrons. The number of carbonyl (C=O) groups is 2. The molecule has 0 rings (SSSR count). The van der Waals surface area contributed by atoms with Crippen LogP contribution in [-0.2, 0) is 14.3 Å². The molecule has 98 valence electrons. The molecule has 0 saturated heterocycles. The fourth-order valence-corrected chi connectivity index (χ4v) is 1.19. The quantitative estimate of drug-likeness (QED) is 0.448.